The Bertz CT molecular complexity index is 412. The third-order valence-electron chi connectivity index (χ3n) is 2.50. The van der Waals surface area contributed by atoms with Gasteiger partial charge in [0.05, 0.1) is 11.5 Å². The molecule has 0 spiro atoms. The average Bonchev–Trinajstić information content (AvgIpc) is 2.42. The lowest BCUT2D eigenvalue weighted by Crippen LogP contribution is -2.08. The van der Waals surface area contributed by atoms with Gasteiger partial charge in [0, 0.05) is 18.0 Å². The second-order valence-corrected chi connectivity index (χ2v) is 4.57. The number of hydrogen-bond donors (Lipinski definition) is 0. The first-order chi connectivity index (χ1) is 9.19. The van der Waals surface area contributed by atoms with E-state index in [1.165, 1.54) is 6.07 Å². The highest BCUT2D eigenvalue weighted by atomic mass is 79.9. The second-order valence-electron chi connectivity index (χ2n) is 4.01. The summed E-state index contributed by atoms with van der Waals surface area (Å²) >= 11 is 3.31. The summed E-state index contributed by atoms with van der Waals surface area (Å²) in [5.41, 5.74) is 0.922. The van der Waals surface area contributed by atoms with E-state index in [9.17, 15) is 10.1 Å². The lowest BCUT2D eigenvalue weighted by Gasteiger charge is -2.08. The fraction of sp³-hybridized carbons (Fsp3) is 0.538. The van der Waals surface area contributed by atoms with Gasteiger partial charge in [-0.2, -0.15) is 0 Å². The molecule has 0 radical (unpaired) electrons. The van der Waals surface area contributed by atoms with E-state index in [4.69, 9.17) is 9.47 Å². The third kappa shape index (κ3) is 5.57. The molecule has 0 bridgehead atoms. The summed E-state index contributed by atoms with van der Waals surface area (Å²) in [6, 6.07) is 4.85. The zero-order valence-corrected chi connectivity index (χ0v) is 12.5. The van der Waals surface area contributed by atoms with Gasteiger partial charge in [-0.25, -0.2) is 0 Å². The first-order valence-corrected chi connectivity index (χ1v) is 7.35. The van der Waals surface area contributed by atoms with Crippen LogP contribution in [0.4, 0.5) is 5.69 Å². The van der Waals surface area contributed by atoms with Crippen LogP contribution in [0.5, 0.6) is 5.75 Å². The molecule has 0 atom stereocenters. The van der Waals surface area contributed by atoms with Gasteiger partial charge < -0.3 is 9.47 Å². The Morgan fingerprint density at radius 2 is 2.11 bits per heavy atom. The summed E-state index contributed by atoms with van der Waals surface area (Å²) in [6.45, 7) is 3.55. The molecule has 0 fully saturated rings. The molecule has 0 aliphatic rings. The van der Waals surface area contributed by atoms with E-state index in [0.717, 1.165) is 18.4 Å². The Hall–Kier alpha value is -1.14. The van der Waals surface area contributed by atoms with Crippen LogP contribution in [0.3, 0.4) is 0 Å². The van der Waals surface area contributed by atoms with Crippen molar-refractivity contribution in [1.29, 1.82) is 0 Å². The monoisotopic (exact) mass is 331 g/mol. The summed E-state index contributed by atoms with van der Waals surface area (Å²) in [6.07, 6.45) is 2.10. The predicted octanol–water partition coefficient (Wildman–Crippen LogP) is 3.69. The molecule has 0 aliphatic carbocycles. The minimum atomic E-state index is -0.439. The molecule has 0 saturated carbocycles. The third-order valence-corrected chi connectivity index (χ3v) is 3.15. The van der Waals surface area contributed by atoms with Crippen LogP contribution in [0, 0.1) is 10.1 Å². The second kappa shape index (κ2) is 8.87. The first kappa shape index (κ1) is 15.9. The quantitative estimate of drug-likeness (QED) is 0.299. The zero-order valence-electron chi connectivity index (χ0n) is 10.9. The Morgan fingerprint density at radius 1 is 1.32 bits per heavy atom. The lowest BCUT2D eigenvalue weighted by molar-refractivity contribution is -0.385. The molecule has 0 amide bonds. The van der Waals surface area contributed by atoms with Gasteiger partial charge in [0.2, 0.25) is 0 Å². The van der Waals surface area contributed by atoms with Crippen LogP contribution in [-0.2, 0) is 10.1 Å². The van der Waals surface area contributed by atoms with E-state index in [2.05, 4.69) is 22.9 Å². The van der Waals surface area contributed by atoms with Crippen molar-refractivity contribution in [1.82, 2.24) is 0 Å². The maximum atomic E-state index is 10.9. The SMILES string of the molecule is CCCCOCCOc1cc(CBr)ccc1[N+](=O)[O-]. The van der Waals surface area contributed by atoms with Crippen molar-refractivity contribution in [3.05, 3.63) is 33.9 Å². The number of rotatable bonds is 9. The van der Waals surface area contributed by atoms with Gasteiger partial charge in [-0.05, 0) is 18.1 Å². The van der Waals surface area contributed by atoms with Crippen molar-refractivity contribution in [2.75, 3.05) is 19.8 Å². The molecule has 19 heavy (non-hydrogen) atoms. The number of nitro benzene ring substituents is 1. The summed E-state index contributed by atoms with van der Waals surface area (Å²) in [7, 11) is 0. The van der Waals surface area contributed by atoms with E-state index in [1.54, 1.807) is 12.1 Å². The topological polar surface area (TPSA) is 61.6 Å². The van der Waals surface area contributed by atoms with E-state index in [0.29, 0.717) is 30.9 Å². The highest BCUT2D eigenvalue weighted by Gasteiger charge is 2.15. The molecule has 0 N–H and O–H groups in total. The molecule has 0 unspecified atom stereocenters. The van der Waals surface area contributed by atoms with Crippen molar-refractivity contribution < 1.29 is 14.4 Å². The predicted molar refractivity (Wildman–Crippen MR) is 76.9 cm³/mol. The van der Waals surface area contributed by atoms with Gasteiger partial charge in [-0.3, -0.25) is 10.1 Å². The van der Waals surface area contributed by atoms with Crippen molar-refractivity contribution >= 4 is 21.6 Å². The van der Waals surface area contributed by atoms with Crippen molar-refractivity contribution in [3.8, 4) is 5.75 Å². The van der Waals surface area contributed by atoms with Crippen molar-refractivity contribution in [2.45, 2.75) is 25.1 Å². The molecule has 0 aliphatic heterocycles. The van der Waals surface area contributed by atoms with Gasteiger partial charge in [0.25, 0.3) is 0 Å². The largest absolute Gasteiger partial charge is 0.484 e. The Labute approximate surface area is 121 Å². The van der Waals surface area contributed by atoms with Gasteiger partial charge in [0.15, 0.2) is 5.75 Å². The molecule has 1 rings (SSSR count). The minimum absolute atomic E-state index is 0.0155. The molecule has 106 valence electrons. The number of nitro groups is 1. The van der Waals surface area contributed by atoms with Crippen molar-refractivity contribution in [2.24, 2.45) is 0 Å². The number of nitrogens with zero attached hydrogens (tertiary/aromatic N) is 1. The molecular formula is C13H18BrNO4. The normalized spacial score (nSPS) is 10.4. The smallest absolute Gasteiger partial charge is 0.310 e. The van der Waals surface area contributed by atoms with Gasteiger partial charge in [-0.15, -0.1) is 0 Å². The average molecular weight is 332 g/mol. The number of halogens is 1. The number of unbranched alkanes of at least 4 members (excludes halogenated alkanes) is 1. The van der Waals surface area contributed by atoms with Gasteiger partial charge in [0.1, 0.15) is 6.61 Å². The van der Waals surface area contributed by atoms with E-state index < -0.39 is 4.92 Å². The number of benzene rings is 1. The van der Waals surface area contributed by atoms with E-state index in [1.807, 2.05) is 0 Å². The molecule has 6 heteroatoms. The van der Waals surface area contributed by atoms with Gasteiger partial charge in [-0.1, -0.05) is 35.3 Å². The Kier molecular flexibility index (Phi) is 7.43. The first-order valence-electron chi connectivity index (χ1n) is 6.22. The number of ether oxygens (including phenoxy) is 2. The lowest BCUT2D eigenvalue weighted by atomic mass is 10.2. The highest BCUT2D eigenvalue weighted by Crippen LogP contribution is 2.28. The number of hydrogen-bond acceptors (Lipinski definition) is 4. The summed E-state index contributed by atoms with van der Waals surface area (Å²) in [5.74, 6) is 0.293. The maximum absolute atomic E-state index is 10.9. The van der Waals surface area contributed by atoms with E-state index in [-0.39, 0.29) is 5.69 Å². The molecule has 1 aromatic rings. The minimum Gasteiger partial charge on any atom is -0.484 e. The van der Waals surface area contributed by atoms with Crippen molar-refractivity contribution in [3.63, 3.8) is 0 Å². The van der Waals surface area contributed by atoms with Crippen LogP contribution in [-0.4, -0.2) is 24.7 Å². The van der Waals surface area contributed by atoms with E-state index >= 15 is 0 Å². The van der Waals surface area contributed by atoms with Gasteiger partial charge >= 0.3 is 5.69 Å². The Balaban J connectivity index is 2.52. The standard InChI is InChI=1S/C13H18BrNO4/c1-2-3-6-18-7-8-19-13-9-11(10-14)4-5-12(13)15(16)17/h4-5,9H,2-3,6-8,10H2,1H3. The molecule has 5 nitrogen and oxygen atoms in total. The Morgan fingerprint density at radius 3 is 2.74 bits per heavy atom. The highest BCUT2D eigenvalue weighted by molar-refractivity contribution is 9.08. The maximum Gasteiger partial charge on any atom is 0.310 e. The summed E-state index contributed by atoms with van der Waals surface area (Å²) in [4.78, 5) is 10.4. The summed E-state index contributed by atoms with van der Waals surface area (Å²) in [5, 5.41) is 11.5. The van der Waals surface area contributed by atoms with Crippen LogP contribution in [0.1, 0.15) is 25.3 Å². The molecule has 0 saturated heterocycles. The molecule has 1 aromatic carbocycles. The number of alkyl halides is 1. The fourth-order valence-corrected chi connectivity index (χ4v) is 1.82. The van der Waals surface area contributed by atoms with Crippen LogP contribution in [0.25, 0.3) is 0 Å². The van der Waals surface area contributed by atoms with Crippen LogP contribution in [0.2, 0.25) is 0 Å². The summed E-state index contributed by atoms with van der Waals surface area (Å²) < 4.78 is 10.8. The van der Waals surface area contributed by atoms with Crippen LogP contribution >= 0.6 is 15.9 Å². The zero-order chi connectivity index (χ0) is 14.1. The van der Waals surface area contributed by atoms with Crippen LogP contribution < -0.4 is 4.74 Å². The molecule has 0 aromatic heterocycles. The molecule has 0 heterocycles. The fourth-order valence-electron chi connectivity index (χ4n) is 1.47. The van der Waals surface area contributed by atoms with Crippen LogP contribution in [0.15, 0.2) is 18.2 Å². The molecular weight excluding hydrogens is 314 g/mol.